The maximum absolute atomic E-state index is 10.6. The van der Waals surface area contributed by atoms with Crippen LogP contribution < -0.4 is 5.32 Å². The minimum Gasteiger partial charge on any atom is -0.475 e. The minimum absolute atomic E-state index is 0.515. The molecule has 22 heavy (non-hydrogen) atoms. The first-order valence-electron chi connectivity index (χ1n) is 7.04. The van der Waals surface area contributed by atoms with Crippen LogP contribution in [0.5, 0.6) is 0 Å². The van der Waals surface area contributed by atoms with Gasteiger partial charge in [0.15, 0.2) is 0 Å². The summed E-state index contributed by atoms with van der Waals surface area (Å²) in [5.74, 6) is -2.76. The zero-order chi connectivity index (χ0) is 16.4. The Hall–Kier alpha value is -1.08. The number of carboxylic acids is 1. The number of alkyl halides is 3. The summed E-state index contributed by atoms with van der Waals surface area (Å²) in [6.45, 7) is 2.38. The molecule has 0 unspecified atom stereocenters. The van der Waals surface area contributed by atoms with Gasteiger partial charge in [0, 0.05) is 4.47 Å². The van der Waals surface area contributed by atoms with Crippen LogP contribution in [0.25, 0.3) is 0 Å². The van der Waals surface area contributed by atoms with Crippen molar-refractivity contribution >= 4 is 21.9 Å². The molecule has 1 aromatic rings. The average molecular weight is 380 g/mol. The molecule has 1 fully saturated rings. The van der Waals surface area contributed by atoms with Gasteiger partial charge in [-0.2, -0.15) is 13.2 Å². The van der Waals surface area contributed by atoms with Gasteiger partial charge in [-0.25, -0.2) is 4.79 Å². The molecule has 1 aromatic carbocycles. The fourth-order valence-corrected chi connectivity index (χ4v) is 3.63. The topological polar surface area (TPSA) is 49.3 Å². The number of aliphatic carboxylic acids is 1. The van der Waals surface area contributed by atoms with Gasteiger partial charge in [0.1, 0.15) is 0 Å². The zero-order valence-electron chi connectivity index (χ0n) is 11.8. The molecule has 122 valence electrons. The van der Waals surface area contributed by atoms with Crippen LogP contribution in [0.4, 0.5) is 13.2 Å². The van der Waals surface area contributed by atoms with Crippen molar-refractivity contribution < 1.29 is 23.1 Å². The molecule has 1 aliphatic heterocycles. The molecule has 0 amide bonds. The zero-order valence-corrected chi connectivity index (χ0v) is 13.4. The Morgan fingerprint density at radius 2 is 1.82 bits per heavy atom. The van der Waals surface area contributed by atoms with E-state index in [2.05, 4.69) is 39.4 Å². The van der Waals surface area contributed by atoms with E-state index in [1.165, 1.54) is 43.2 Å². The van der Waals surface area contributed by atoms with Gasteiger partial charge in [0.25, 0.3) is 0 Å². The molecule has 0 radical (unpaired) electrons. The van der Waals surface area contributed by atoms with Crippen LogP contribution in [0.15, 0.2) is 22.7 Å². The Bertz CT molecular complexity index is 554. The summed E-state index contributed by atoms with van der Waals surface area (Å²) in [5, 5.41) is 10.6. The maximum Gasteiger partial charge on any atom is 0.490 e. The second-order valence-corrected chi connectivity index (χ2v) is 6.55. The largest absolute Gasteiger partial charge is 0.490 e. The fourth-order valence-electron chi connectivity index (χ4n) is 3.22. The number of fused-ring (bicyclic) bond motifs is 2. The van der Waals surface area contributed by atoms with E-state index in [4.69, 9.17) is 9.90 Å². The van der Waals surface area contributed by atoms with E-state index in [0.29, 0.717) is 5.41 Å². The summed E-state index contributed by atoms with van der Waals surface area (Å²) in [7, 11) is 0. The molecule has 1 heterocycles. The summed E-state index contributed by atoms with van der Waals surface area (Å²) in [6, 6.07) is 6.86. The number of aryl methyl sites for hydroxylation is 1. The van der Waals surface area contributed by atoms with E-state index < -0.39 is 12.1 Å². The van der Waals surface area contributed by atoms with Crippen molar-refractivity contribution in [2.75, 3.05) is 13.1 Å². The lowest BCUT2D eigenvalue weighted by Gasteiger charge is -2.35. The number of hydrogen-bond donors (Lipinski definition) is 2. The van der Waals surface area contributed by atoms with Crippen LogP contribution >= 0.6 is 15.9 Å². The lowest BCUT2D eigenvalue weighted by Crippen LogP contribution is -2.38. The van der Waals surface area contributed by atoms with Crippen LogP contribution in [0, 0.1) is 0 Å². The highest BCUT2D eigenvalue weighted by Crippen LogP contribution is 2.45. The molecule has 0 bridgehead atoms. The number of hydrogen-bond acceptors (Lipinski definition) is 2. The Balaban J connectivity index is 0.000000217. The van der Waals surface area contributed by atoms with E-state index in [1.54, 1.807) is 11.1 Å². The van der Waals surface area contributed by atoms with Gasteiger partial charge >= 0.3 is 12.1 Å². The van der Waals surface area contributed by atoms with Crippen LogP contribution in [0.1, 0.15) is 30.4 Å². The van der Waals surface area contributed by atoms with Crippen molar-refractivity contribution in [3.63, 3.8) is 0 Å². The smallest absolute Gasteiger partial charge is 0.475 e. The third kappa shape index (κ3) is 3.81. The Labute approximate surface area is 135 Å². The van der Waals surface area contributed by atoms with E-state index in [1.807, 2.05) is 0 Å². The minimum atomic E-state index is -5.08. The summed E-state index contributed by atoms with van der Waals surface area (Å²) in [4.78, 5) is 8.90. The molecule has 1 saturated heterocycles. The summed E-state index contributed by atoms with van der Waals surface area (Å²) >= 11 is 3.56. The number of rotatable bonds is 0. The van der Waals surface area contributed by atoms with Gasteiger partial charge in [-0.15, -0.1) is 0 Å². The molecule has 1 aliphatic carbocycles. The fraction of sp³-hybridized carbons (Fsp3) is 0.533. The van der Waals surface area contributed by atoms with Crippen molar-refractivity contribution in [1.82, 2.24) is 5.32 Å². The SMILES string of the molecule is Brc1ccc2c(c1)CCC21CCNCC1.O=C(O)C(F)(F)F. The molecule has 3 rings (SSSR count). The highest BCUT2D eigenvalue weighted by atomic mass is 79.9. The van der Waals surface area contributed by atoms with Gasteiger partial charge in [0.05, 0.1) is 0 Å². The number of nitrogens with one attached hydrogen (secondary N) is 1. The van der Waals surface area contributed by atoms with Crippen molar-refractivity contribution in [3.8, 4) is 0 Å². The molecule has 0 atom stereocenters. The summed E-state index contributed by atoms with van der Waals surface area (Å²) in [5.41, 5.74) is 3.72. The van der Waals surface area contributed by atoms with Gasteiger partial charge in [0.2, 0.25) is 0 Å². The van der Waals surface area contributed by atoms with Crippen LogP contribution in [0.3, 0.4) is 0 Å². The third-order valence-electron chi connectivity index (χ3n) is 4.31. The molecular weight excluding hydrogens is 363 g/mol. The number of piperidine rings is 1. The monoisotopic (exact) mass is 379 g/mol. The molecule has 2 N–H and O–H groups in total. The second kappa shape index (κ2) is 6.58. The summed E-state index contributed by atoms with van der Waals surface area (Å²) in [6.07, 6.45) is 0.193. The highest BCUT2D eigenvalue weighted by molar-refractivity contribution is 9.10. The Kier molecular flexibility index (Phi) is 5.17. The van der Waals surface area contributed by atoms with Crippen molar-refractivity contribution in [2.45, 2.75) is 37.3 Å². The number of halogens is 4. The molecule has 0 saturated carbocycles. The molecule has 7 heteroatoms. The van der Waals surface area contributed by atoms with E-state index in [9.17, 15) is 13.2 Å². The standard InChI is InChI=1S/C13H16BrN.C2HF3O2/c14-11-1-2-12-10(9-11)3-4-13(12)5-7-15-8-6-13;3-2(4,5)1(6)7/h1-2,9,15H,3-8H2;(H,6,7). The molecule has 1 spiro atoms. The third-order valence-corrected chi connectivity index (χ3v) is 4.81. The van der Waals surface area contributed by atoms with Gasteiger partial charge < -0.3 is 10.4 Å². The maximum atomic E-state index is 10.6. The Morgan fingerprint density at radius 3 is 2.36 bits per heavy atom. The van der Waals surface area contributed by atoms with Gasteiger partial charge in [-0.05, 0) is 67.4 Å². The van der Waals surface area contributed by atoms with Crippen LogP contribution in [-0.2, 0) is 16.6 Å². The van der Waals surface area contributed by atoms with Crippen LogP contribution in [0.2, 0.25) is 0 Å². The average Bonchev–Trinajstić information content (AvgIpc) is 2.77. The molecular formula is C15H17BrF3NO2. The number of carboxylic acid groups (broad SMARTS) is 1. The number of carbonyl (C=O) groups is 1. The Morgan fingerprint density at radius 1 is 1.23 bits per heavy atom. The molecule has 0 aromatic heterocycles. The van der Waals surface area contributed by atoms with E-state index >= 15 is 0 Å². The van der Waals surface area contributed by atoms with E-state index in [-0.39, 0.29) is 0 Å². The number of benzene rings is 1. The van der Waals surface area contributed by atoms with Crippen LogP contribution in [-0.4, -0.2) is 30.3 Å². The summed E-state index contributed by atoms with van der Waals surface area (Å²) < 4.78 is 33.0. The molecule has 3 nitrogen and oxygen atoms in total. The van der Waals surface area contributed by atoms with Crippen molar-refractivity contribution in [1.29, 1.82) is 0 Å². The lowest BCUT2D eigenvalue weighted by molar-refractivity contribution is -0.192. The quantitative estimate of drug-likeness (QED) is 0.723. The predicted molar refractivity (Wildman–Crippen MR) is 79.9 cm³/mol. The lowest BCUT2D eigenvalue weighted by atomic mass is 9.74. The first kappa shape index (κ1) is 17.3. The first-order chi connectivity index (χ1) is 10.2. The van der Waals surface area contributed by atoms with Crippen molar-refractivity contribution in [2.24, 2.45) is 0 Å². The van der Waals surface area contributed by atoms with E-state index in [0.717, 1.165) is 0 Å². The molecule has 2 aliphatic rings. The second-order valence-electron chi connectivity index (χ2n) is 5.63. The predicted octanol–water partition coefficient (Wildman–Crippen LogP) is 3.65. The first-order valence-corrected chi connectivity index (χ1v) is 7.84. The van der Waals surface area contributed by atoms with Gasteiger partial charge in [-0.1, -0.05) is 22.0 Å². The van der Waals surface area contributed by atoms with Crippen molar-refractivity contribution in [3.05, 3.63) is 33.8 Å². The highest BCUT2D eigenvalue weighted by Gasteiger charge is 2.39. The normalized spacial score (nSPS) is 19.3. The van der Waals surface area contributed by atoms with Gasteiger partial charge in [-0.3, -0.25) is 0 Å².